The lowest BCUT2D eigenvalue weighted by atomic mass is 9.98. The Morgan fingerprint density at radius 3 is 2.06 bits per heavy atom. The molecule has 2 amide bonds. The predicted molar refractivity (Wildman–Crippen MR) is 115 cm³/mol. The van der Waals surface area contributed by atoms with Crippen molar-refractivity contribution in [2.75, 3.05) is 13.7 Å². The molecule has 0 aliphatic rings. The highest BCUT2D eigenvalue weighted by molar-refractivity contribution is 6.15. The van der Waals surface area contributed by atoms with Gasteiger partial charge in [0.15, 0.2) is 17.3 Å². The quantitative estimate of drug-likeness (QED) is 0.453. The van der Waals surface area contributed by atoms with Crippen molar-refractivity contribution in [1.29, 1.82) is 0 Å². The first kappa shape index (κ1) is 21.6. The van der Waals surface area contributed by atoms with Crippen LogP contribution in [-0.2, 0) is 0 Å². The average Bonchev–Trinajstić information content (AvgIpc) is 2.82. The summed E-state index contributed by atoms with van der Waals surface area (Å²) in [6, 6.07) is 19.8. The van der Waals surface area contributed by atoms with Crippen molar-refractivity contribution < 1.29 is 23.9 Å². The van der Waals surface area contributed by atoms with Crippen LogP contribution in [0.25, 0.3) is 0 Å². The maximum atomic E-state index is 12.8. The minimum Gasteiger partial charge on any atom is -0.493 e. The molecule has 0 aliphatic carbocycles. The molecule has 3 aromatic rings. The molecule has 0 fully saturated rings. The van der Waals surface area contributed by atoms with E-state index in [-0.39, 0.29) is 22.5 Å². The van der Waals surface area contributed by atoms with Crippen molar-refractivity contribution in [1.82, 2.24) is 10.9 Å². The van der Waals surface area contributed by atoms with Gasteiger partial charge in [-0.05, 0) is 31.2 Å². The number of ether oxygens (including phenoxy) is 2. The summed E-state index contributed by atoms with van der Waals surface area (Å²) in [6.07, 6.45) is 0. The molecule has 0 radical (unpaired) electrons. The number of amides is 2. The highest BCUT2D eigenvalue weighted by Gasteiger charge is 2.19. The second-order valence-electron chi connectivity index (χ2n) is 6.45. The Morgan fingerprint density at radius 1 is 0.742 bits per heavy atom. The zero-order valence-corrected chi connectivity index (χ0v) is 17.2. The third-order valence-electron chi connectivity index (χ3n) is 4.47. The molecular formula is C24H22N2O5. The second-order valence-corrected chi connectivity index (χ2v) is 6.45. The van der Waals surface area contributed by atoms with Gasteiger partial charge >= 0.3 is 0 Å². The molecule has 0 unspecified atom stereocenters. The lowest BCUT2D eigenvalue weighted by molar-refractivity contribution is 0.0844. The standard InChI is InChI=1S/C24H22N2O5/c1-3-31-20-14-13-17(15-21(20)30-2)23(28)25-26-24(29)19-12-8-7-11-18(19)22(27)16-9-5-4-6-10-16/h4-15H,3H2,1-2H3,(H,25,28)(H,26,29). The molecule has 7 heteroatoms. The summed E-state index contributed by atoms with van der Waals surface area (Å²) in [4.78, 5) is 37.9. The van der Waals surface area contributed by atoms with E-state index in [0.717, 1.165) is 0 Å². The van der Waals surface area contributed by atoms with Gasteiger partial charge in [-0.25, -0.2) is 0 Å². The van der Waals surface area contributed by atoms with Crippen molar-refractivity contribution in [3.05, 3.63) is 95.1 Å². The molecule has 0 saturated carbocycles. The van der Waals surface area contributed by atoms with Gasteiger partial charge in [0.05, 0.1) is 19.3 Å². The maximum Gasteiger partial charge on any atom is 0.270 e. The third-order valence-corrected chi connectivity index (χ3v) is 4.47. The minimum atomic E-state index is -0.605. The van der Waals surface area contributed by atoms with Crippen LogP contribution in [0, 0.1) is 0 Å². The fourth-order valence-electron chi connectivity index (χ4n) is 2.96. The number of rotatable bonds is 7. The number of methoxy groups -OCH3 is 1. The zero-order chi connectivity index (χ0) is 22.2. The molecule has 2 N–H and O–H groups in total. The Morgan fingerprint density at radius 2 is 1.39 bits per heavy atom. The van der Waals surface area contributed by atoms with E-state index in [1.807, 2.05) is 6.92 Å². The summed E-state index contributed by atoms with van der Waals surface area (Å²) in [6.45, 7) is 2.30. The van der Waals surface area contributed by atoms with Crippen molar-refractivity contribution in [3.63, 3.8) is 0 Å². The van der Waals surface area contributed by atoms with E-state index < -0.39 is 11.8 Å². The van der Waals surface area contributed by atoms with Crippen LogP contribution in [0.3, 0.4) is 0 Å². The second kappa shape index (κ2) is 10.1. The number of hydrogen-bond donors (Lipinski definition) is 2. The molecule has 0 aromatic heterocycles. The number of nitrogens with one attached hydrogen (secondary N) is 2. The first-order valence-corrected chi connectivity index (χ1v) is 9.65. The van der Waals surface area contributed by atoms with Gasteiger partial charge in [0.2, 0.25) is 0 Å². The fraction of sp³-hybridized carbons (Fsp3) is 0.125. The average molecular weight is 418 g/mol. The molecule has 158 valence electrons. The summed E-state index contributed by atoms with van der Waals surface area (Å²) in [5.41, 5.74) is 5.85. The van der Waals surface area contributed by atoms with E-state index in [4.69, 9.17) is 9.47 Å². The molecule has 31 heavy (non-hydrogen) atoms. The van der Waals surface area contributed by atoms with E-state index in [9.17, 15) is 14.4 Å². The summed E-state index contributed by atoms with van der Waals surface area (Å²) >= 11 is 0. The molecule has 0 saturated heterocycles. The summed E-state index contributed by atoms with van der Waals surface area (Å²) < 4.78 is 10.7. The van der Waals surface area contributed by atoms with Gasteiger partial charge in [0.1, 0.15) is 0 Å². The fourth-order valence-corrected chi connectivity index (χ4v) is 2.96. The Bertz CT molecular complexity index is 1100. The van der Waals surface area contributed by atoms with Gasteiger partial charge in [0.25, 0.3) is 11.8 Å². The topological polar surface area (TPSA) is 93.7 Å². The molecular weight excluding hydrogens is 396 g/mol. The highest BCUT2D eigenvalue weighted by atomic mass is 16.5. The van der Waals surface area contributed by atoms with Crippen LogP contribution in [-0.4, -0.2) is 31.3 Å². The van der Waals surface area contributed by atoms with Crippen molar-refractivity contribution >= 4 is 17.6 Å². The molecule has 0 heterocycles. The first-order valence-electron chi connectivity index (χ1n) is 9.65. The maximum absolute atomic E-state index is 12.8. The van der Waals surface area contributed by atoms with E-state index in [1.165, 1.54) is 19.2 Å². The van der Waals surface area contributed by atoms with Crippen LogP contribution in [0.2, 0.25) is 0 Å². The molecule has 0 aliphatic heterocycles. The molecule has 3 aromatic carbocycles. The third kappa shape index (κ3) is 5.08. The molecule has 0 bridgehead atoms. The van der Waals surface area contributed by atoms with Crippen molar-refractivity contribution in [2.24, 2.45) is 0 Å². The Balaban J connectivity index is 1.73. The van der Waals surface area contributed by atoms with Crippen molar-refractivity contribution in [2.45, 2.75) is 6.92 Å². The van der Waals surface area contributed by atoms with Crippen LogP contribution in [0.15, 0.2) is 72.8 Å². The van der Waals surface area contributed by atoms with E-state index in [1.54, 1.807) is 60.7 Å². The van der Waals surface area contributed by atoms with Crippen molar-refractivity contribution in [3.8, 4) is 11.5 Å². The summed E-state index contributed by atoms with van der Waals surface area (Å²) in [5, 5.41) is 0. The van der Waals surface area contributed by atoms with Gasteiger partial charge in [-0.15, -0.1) is 0 Å². The Kier molecular flexibility index (Phi) is 7.01. The van der Waals surface area contributed by atoms with Crippen LogP contribution >= 0.6 is 0 Å². The van der Waals surface area contributed by atoms with Gasteiger partial charge in [-0.3, -0.25) is 25.2 Å². The lowest BCUT2D eigenvalue weighted by Crippen LogP contribution is -2.42. The van der Waals surface area contributed by atoms with Gasteiger partial charge in [-0.1, -0.05) is 48.5 Å². The first-order chi connectivity index (χ1) is 15.0. The largest absolute Gasteiger partial charge is 0.493 e. The van der Waals surface area contributed by atoms with E-state index in [2.05, 4.69) is 10.9 Å². The highest BCUT2D eigenvalue weighted by Crippen LogP contribution is 2.28. The SMILES string of the molecule is CCOc1ccc(C(=O)NNC(=O)c2ccccc2C(=O)c2ccccc2)cc1OC. The summed E-state index contributed by atoms with van der Waals surface area (Å²) in [5.74, 6) is -0.514. The molecule has 3 rings (SSSR count). The van der Waals surface area contributed by atoms with Gasteiger partial charge in [-0.2, -0.15) is 0 Å². The number of carbonyl (C=O) groups is 3. The van der Waals surface area contributed by atoms with Gasteiger partial charge in [0, 0.05) is 16.7 Å². The number of carbonyl (C=O) groups excluding carboxylic acids is 3. The zero-order valence-electron chi connectivity index (χ0n) is 17.2. The minimum absolute atomic E-state index is 0.154. The van der Waals surface area contributed by atoms with Crippen LogP contribution in [0.1, 0.15) is 43.6 Å². The number of hydrogen-bond acceptors (Lipinski definition) is 5. The molecule has 7 nitrogen and oxygen atoms in total. The smallest absolute Gasteiger partial charge is 0.270 e. The Hall–Kier alpha value is -4.13. The predicted octanol–water partition coefficient (Wildman–Crippen LogP) is 3.40. The number of benzene rings is 3. The van der Waals surface area contributed by atoms with Crippen LogP contribution in [0.4, 0.5) is 0 Å². The summed E-state index contributed by atoms with van der Waals surface area (Å²) in [7, 11) is 1.47. The number of ketones is 1. The van der Waals surface area contributed by atoms with E-state index >= 15 is 0 Å². The molecule has 0 spiro atoms. The monoisotopic (exact) mass is 418 g/mol. The molecule has 0 atom stereocenters. The normalized spacial score (nSPS) is 10.1. The number of hydrazine groups is 1. The van der Waals surface area contributed by atoms with Crippen LogP contribution < -0.4 is 20.3 Å². The lowest BCUT2D eigenvalue weighted by Gasteiger charge is -2.12. The Labute approximate surface area is 180 Å². The van der Waals surface area contributed by atoms with Gasteiger partial charge < -0.3 is 9.47 Å². The van der Waals surface area contributed by atoms with Crippen LogP contribution in [0.5, 0.6) is 11.5 Å². The van der Waals surface area contributed by atoms with E-state index in [0.29, 0.717) is 23.7 Å².